The minimum atomic E-state index is -0.186. The highest BCUT2D eigenvalue weighted by Gasteiger charge is 2.26. The molecular formula is C8H15N3OS. The number of hydrogen-bond acceptors (Lipinski definition) is 2. The van der Waals surface area contributed by atoms with Crippen molar-refractivity contribution in [3.63, 3.8) is 0 Å². The second kappa shape index (κ2) is 3.91. The summed E-state index contributed by atoms with van der Waals surface area (Å²) in [6.07, 6.45) is 2.17. The van der Waals surface area contributed by atoms with Gasteiger partial charge in [0.25, 0.3) is 0 Å². The lowest BCUT2D eigenvalue weighted by molar-refractivity contribution is 0.204. The summed E-state index contributed by atoms with van der Waals surface area (Å²) in [4.78, 5) is 13.3. The Labute approximate surface area is 83.5 Å². The number of carbonyl (C=O) groups is 1. The van der Waals surface area contributed by atoms with E-state index < -0.39 is 0 Å². The molecule has 0 saturated heterocycles. The van der Waals surface area contributed by atoms with Crippen LogP contribution in [0.1, 0.15) is 19.8 Å². The van der Waals surface area contributed by atoms with Crippen molar-refractivity contribution < 1.29 is 4.79 Å². The smallest absolute Gasteiger partial charge is 0.317 e. The molecule has 1 unspecified atom stereocenters. The molecule has 0 radical (unpaired) electrons. The van der Waals surface area contributed by atoms with Crippen molar-refractivity contribution in [1.82, 2.24) is 10.2 Å². The highest BCUT2D eigenvalue weighted by atomic mass is 32.1. The lowest BCUT2D eigenvalue weighted by atomic mass is 10.3. The van der Waals surface area contributed by atoms with E-state index in [4.69, 9.17) is 18.0 Å². The molecule has 2 amide bonds. The van der Waals surface area contributed by atoms with Crippen molar-refractivity contribution in [2.75, 3.05) is 7.05 Å². The summed E-state index contributed by atoms with van der Waals surface area (Å²) in [6.45, 7) is 1.81. The molecule has 0 bridgehead atoms. The van der Waals surface area contributed by atoms with Gasteiger partial charge in [-0.15, -0.1) is 0 Å². The van der Waals surface area contributed by atoms with Crippen LogP contribution in [0.3, 0.4) is 0 Å². The number of amides is 2. The highest BCUT2D eigenvalue weighted by molar-refractivity contribution is 7.80. The van der Waals surface area contributed by atoms with Crippen molar-refractivity contribution in [2.45, 2.75) is 31.8 Å². The number of hydrogen-bond donors (Lipinski definition) is 2. The molecule has 0 aromatic heterocycles. The Morgan fingerprint density at radius 3 is 2.62 bits per heavy atom. The van der Waals surface area contributed by atoms with Crippen LogP contribution in [0, 0.1) is 0 Å². The van der Waals surface area contributed by atoms with Crippen LogP contribution in [0.4, 0.5) is 4.79 Å². The van der Waals surface area contributed by atoms with E-state index in [1.54, 1.807) is 7.05 Å². The molecule has 0 heterocycles. The van der Waals surface area contributed by atoms with Crippen molar-refractivity contribution in [3.8, 4) is 0 Å². The van der Waals surface area contributed by atoms with Crippen LogP contribution in [-0.2, 0) is 0 Å². The van der Waals surface area contributed by atoms with Gasteiger partial charge in [-0.05, 0) is 19.8 Å². The number of nitrogens with one attached hydrogen (secondary N) is 1. The van der Waals surface area contributed by atoms with Gasteiger partial charge >= 0.3 is 6.03 Å². The summed E-state index contributed by atoms with van der Waals surface area (Å²) >= 11 is 4.80. The van der Waals surface area contributed by atoms with E-state index >= 15 is 0 Å². The first-order valence-corrected chi connectivity index (χ1v) is 4.76. The van der Waals surface area contributed by atoms with Crippen molar-refractivity contribution in [2.24, 2.45) is 5.73 Å². The summed E-state index contributed by atoms with van der Waals surface area (Å²) < 4.78 is 0. The molecule has 0 aromatic carbocycles. The third-order valence-corrected chi connectivity index (χ3v) is 2.56. The maximum absolute atomic E-state index is 11.4. The first-order valence-electron chi connectivity index (χ1n) is 4.35. The molecule has 13 heavy (non-hydrogen) atoms. The van der Waals surface area contributed by atoms with E-state index in [2.05, 4.69) is 5.32 Å². The van der Waals surface area contributed by atoms with Gasteiger partial charge in [-0.2, -0.15) is 0 Å². The normalized spacial score (nSPS) is 17.7. The number of rotatable bonds is 3. The number of nitrogens with two attached hydrogens (primary N) is 1. The molecule has 1 rings (SSSR count). The Morgan fingerprint density at radius 1 is 1.69 bits per heavy atom. The summed E-state index contributed by atoms with van der Waals surface area (Å²) in [7, 11) is 1.70. The average Bonchev–Trinajstić information content (AvgIpc) is 2.85. The minimum absolute atomic E-state index is 0.0946. The monoisotopic (exact) mass is 201 g/mol. The Morgan fingerprint density at radius 2 is 2.23 bits per heavy atom. The third-order valence-electron chi connectivity index (χ3n) is 2.22. The molecular weight excluding hydrogens is 186 g/mol. The fourth-order valence-electron chi connectivity index (χ4n) is 0.871. The molecule has 0 aromatic rings. The quantitative estimate of drug-likeness (QED) is 0.652. The Bertz CT molecular complexity index is 227. The SMILES string of the molecule is CC(C(N)=S)N(C)C(=O)NC1CC1. The molecule has 1 fully saturated rings. The van der Waals surface area contributed by atoms with Gasteiger partial charge < -0.3 is 16.0 Å². The van der Waals surface area contributed by atoms with E-state index in [0.29, 0.717) is 11.0 Å². The zero-order valence-electron chi connectivity index (χ0n) is 7.91. The number of likely N-dealkylation sites (N-methyl/N-ethyl adjacent to an activating group) is 1. The molecule has 1 aliphatic rings. The van der Waals surface area contributed by atoms with Crippen molar-refractivity contribution in [3.05, 3.63) is 0 Å². The maximum Gasteiger partial charge on any atom is 0.317 e. The maximum atomic E-state index is 11.4. The largest absolute Gasteiger partial charge is 0.392 e. The van der Waals surface area contributed by atoms with E-state index in [-0.39, 0.29) is 12.1 Å². The molecule has 0 spiro atoms. The topological polar surface area (TPSA) is 58.4 Å². The summed E-state index contributed by atoms with van der Waals surface area (Å²) in [6, 6.07) is 0.0880. The predicted octanol–water partition coefficient (Wildman–Crippen LogP) is 0.465. The third kappa shape index (κ3) is 2.84. The second-order valence-corrected chi connectivity index (χ2v) is 3.88. The van der Waals surface area contributed by atoms with Gasteiger partial charge in [-0.1, -0.05) is 12.2 Å². The van der Waals surface area contributed by atoms with Gasteiger partial charge in [-0.25, -0.2) is 4.79 Å². The van der Waals surface area contributed by atoms with Crippen molar-refractivity contribution in [1.29, 1.82) is 0 Å². The Kier molecular flexibility index (Phi) is 3.08. The van der Waals surface area contributed by atoms with E-state index in [9.17, 15) is 4.79 Å². The number of carbonyl (C=O) groups excluding carboxylic acids is 1. The van der Waals surface area contributed by atoms with Crippen LogP contribution >= 0.6 is 12.2 Å². The Hall–Kier alpha value is -0.840. The zero-order chi connectivity index (χ0) is 10.0. The van der Waals surface area contributed by atoms with Crippen LogP contribution in [0.15, 0.2) is 0 Å². The van der Waals surface area contributed by atoms with Crippen LogP contribution in [-0.4, -0.2) is 35.1 Å². The van der Waals surface area contributed by atoms with E-state index in [1.165, 1.54) is 4.90 Å². The minimum Gasteiger partial charge on any atom is -0.392 e. The summed E-state index contributed by atoms with van der Waals surface area (Å²) in [5.41, 5.74) is 5.43. The lowest BCUT2D eigenvalue weighted by Crippen LogP contribution is -2.47. The lowest BCUT2D eigenvalue weighted by Gasteiger charge is -2.24. The van der Waals surface area contributed by atoms with Crippen LogP contribution in [0.2, 0.25) is 0 Å². The summed E-state index contributed by atoms with van der Waals surface area (Å²) in [5, 5.41) is 2.86. The van der Waals surface area contributed by atoms with Crippen LogP contribution in [0.25, 0.3) is 0 Å². The molecule has 0 aliphatic heterocycles. The standard InChI is InChI=1S/C8H15N3OS/c1-5(7(9)13)11(2)8(12)10-6-3-4-6/h5-6H,3-4H2,1-2H3,(H2,9,13)(H,10,12). The highest BCUT2D eigenvalue weighted by Crippen LogP contribution is 2.18. The molecule has 3 N–H and O–H groups in total. The van der Waals surface area contributed by atoms with Crippen LogP contribution < -0.4 is 11.1 Å². The number of urea groups is 1. The molecule has 1 saturated carbocycles. The number of nitrogens with zero attached hydrogens (tertiary/aromatic N) is 1. The number of thiocarbonyl (C=S) groups is 1. The predicted molar refractivity (Wildman–Crippen MR) is 55.6 cm³/mol. The molecule has 4 nitrogen and oxygen atoms in total. The molecule has 1 atom stereocenters. The van der Waals surface area contributed by atoms with Gasteiger partial charge in [0.2, 0.25) is 0 Å². The first kappa shape index (κ1) is 10.2. The van der Waals surface area contributed by atoms with Crippen LogP contribution in [0.5, 0.6) is 0 Å². The molecule has 74 valence electrons. The van der Waals surface area contributed by atoms with Gasteiger partial charge in [-0.3, -0.25) is 0 Å². The second-order valence-electron chi connectivity index (χ2n) is 3.41. The van der Waals surface area contributed by atoms with E-state index in [1.807, 2.05) is 6.92 Å². The summed E-state index contributed by atoms with van der Waals surface area (Å²) in [5.74, 6) is 0. The fraction of sp³-hybridized carbons (Fsp3) is 0.750. The Balaban J connectivity index is 2.39. The van der Waals surface area contributed by atoms with Gasteiger partial charge in [0.05, 0.1) is 11.0 Å². The van der Waals surface area contributed by atoms with Crippen molar-refractivity contribution >= 4 is 23.2 Å². The zero-order valence-corrected chi connectivity index (χ0v) is 8.73. The molecule has 5 heteroatoms. The molecule has 1 aliphatic carbocycles. The first-order chi connectivity index (χ1) is 6.02. The van der Waals surface area contributed by atoms with Gasteiger partial charge in [0.15, 0.2) is 0 Å². The average molecular weight is 201 g/mol. The van der Waals surface area contributed by atoms with Gasteiger partial charge in [0, 0.05) is 13.1 Å². The fourth-order valence-corrected chi connectivity index (χ4v) is 1.03. The van der Waals surface area contributed by atoms with E-state index in [0.717, 1.165) is 12.8 Å². The van der Waals surface area contributed by atoms with Gasteiger partial charge in [0.1, 0.15) is 0 Å².